The Labute approximate surface area is 124 Å². The third kappa shape index (κ3) is 5.31. The highest BCUT2D eigenvalue weighted by atomic mass is 15.2. The molecular weight excluding hydrogens is 248 g/mol. The zero-order chi connectivity index (χ0) is 14.2. The second-order valence-electron chi connectivity index (χ2n) is 6.55. The maximum Gasteiger partial charge on any atom is 0.191 e. The molecule has 116 valence electrons. The van der Waals surface area contributed by atoms with Crippen LogP contribution in [0.1, 0.15) is 51.9 Å². The van der Waals surface area contributed by atoms with Gasteiger partial charge in [0.1, 0.15) is 0 Å². The third-order valence-electron chi connectivity index (χ3n) is 4.56. The molecule has 2 fully saturated rings. The Hall–Kier alpha value is -0.770. The Morgan fingerprint density at radius 3 is 2.50 bits per heavy atom. The molecule has 1 aliphatic carbocycles. The van der Waals surface area contributed by atoms with Crippen LogP contribution in [-0.4, -0.2) is 50.1 Å². The summed E-state index contributed by atoms with van der Waals surface area (Å²) in [7, 11) is 1.88. The summed E-state index contributed by atoms with van der Waals surface area (Å²) in [5.74, 6) is 1.67. The number of likely N-dealkylation sites (tertiary alicyclic amines) is 1. The maximum absolute atomic E-state index is 4.37. The fourth-order valence-electron chi connectivity index (χ4n) is 3.38. The summed E-state index contributed by atoms with van der Waals surface area (Å²) in [6.45, 7) is 7.15. The van der Waals surface area contributed by atoms with E-state index in [2.05, 4.69) is 27.4 Å². The van der Waals surface area contributed by atoms with Crippen molar-refractivity contribution in [3.63, 3.8) is 0 Å². The molecule has 1 saturated heterocycles. The van der Waals surface area contributed by atoms with Crippen molar-refractivity contribution < 1.29 is 0 Å². The smallest absolute Gasteiger partial charge is 0.191 e. The molecule has 4 nitrogen and oxygen atoms in total. The number of hydrogen-bond donors (Lipinski definition) is 2. The number of guanidine groups is 1. The minimum atomic E-state index is 0.629. The highest BCUT2D eigenvalue weighted by Gasteiger charge is 2.16. The normalized spacial score (nSPS) is 23.8. The molecule has 0 spiro atoms. The zero-order valence-corrected chi connectivity index (χ0v) is 13.3. The first-order valence-corrected chi connectivity index (χ1v) is 8.47. The van der Waals surface area contributed by atoms with Gasteiger partial charge in [-0.1, -0.05) is 26.2 Å². The molecule has 1 aliphatic heterocycles. The quantitative estimate of drug-likeness (QED) is 0.599. The van der Waals surface area contributed by atoms with Crippen molar-refractivity contribution >= 4 is 5.96 Å². The molecule has 0 aromatic carbocycles. The highest BCUT2D eigenvalue weighted by Crippen LogP contribution is 2.17. The predicted octanol–water partition coefficient (Wildman–Crippen LogP) is 2.22. The Kier molecular flexibility index (Phi) is 6.64. The molecule has 0 aromatic rings. The van der Waals surface area contributed by atoms with Gasteiger partial charge < -0.3 is 15.5 Å². The number of aliphatic imine (C=N–C) groups is 1. The lowest BCUT2D eigenvalue weighted by Gasteiger charge is -2.26. The molecule has 1 atom stereocenters. The van der Waals surface area contributed by atoms with Crippen LogP contribution in [0.3, 0.4) is 0 Å². The lowest BCUT2D eigenvalue weighted by atomic mass is 9.96. The maximum atomic E-state index is 4.37. The molecule has 2 aliphatic rings. The number of hydrogen-bond acceptors (Lipinski definition) is 2. The first-order valence-electron chi connectivity index (χ1n) is 8.47. The van der Waals surface area contributed by atoms with Crippen LogP contribution in [0.25, 0.3) is 0 Å². The number of rotatable bonds is 5. The molecular formula is C16H32N4. The molecule has 4 heteroatoms. The van der Waals surface area contributed by atoms with Gasteiger partial charge >= 0.3 is 0 Å². The van der Waals surface area contributed by atoms with Crippen molar-refractivity contribution in [3.05, 3.63) is 0 Å². The number of nitrogens with one attached hydrogen (secondary N) is 2. The summed E-state index contributed by atoms with van der Waals surface area (Å²) in [6, 6.07) is 0.629. The summed E-state index contributed by atoms with van der Waals surface area (Å²) >= 11 is 0. The highest BCUT2D eigenvalue weighted by molar-refractivity contribution is 5.79. The van der Waals surface area contributed by atoms with Crippen molar-refractivity contribution in [2.45, 2.75) is 57.9 Å². The van der Waals surface area contributed by atoms with Crippen LogP contribution in [0, 0.1) is 5.92 Å². The van der Waals surface area contributed by atoms with Gasteiger partial charge in [0.15, 0.2) is 5.96 Å². The van der Waals surface area contributed by atoms with E-state index >= 15 is 0 Å². The second kappa shape index (κ2) is 8.50. The standard InChI is InChI=1S/C16H32N4/c1-14(13-20-10-6-7-11-20)12-18-16(17-2)19-15-8-4-3-5-9-15/h14-15H,3-13H2,1-2H3,(H2,17,18,19). The lowest BCUT2D eigenvalue weighted by Crippen LogP contribution is -2.46. The number of nitrogens with zero attached hydrogens (tertiary/aromatic N) is 2. The van der Waals surface area contributed by atoms with Gasteiger partial charge in [0.2, 0.25) is 0 Å². The van der Waals surface area contributed by atoms with E-state index in [9.17, 15) is 0 Å². The molecule has 20 heavy (non-hydrogen) atoms. The summed E-state index contributed by atoms with van der Waals surface area (Å²) in [5.41, 5.74) is 0. The lowest BCUT2D eigenvalue weighted by molar-refractivity contribution is 0.287. The molecule has 2 rings (SSSR count). The van der Waals surface area contributed by atoms with E-state index in [4.69, 9.17) is 0 Å². The molecule has 2 N–H and O–H groups in total. The van der Waals surface area contributed by atoms with Crippen molar-refractivity contribution in [1.82, 2.24) is 15.5 Å². The van der Waals surface area contributed by atoms with Crippen LogP contribution in [0.15, 0.2) is 4.99 Å². The van der Waals surface area contributed by atoms with E-state index in [1.54, 1.807) is 0 Å². The van der Waals surface area contributed by atoms with E-state index < -0.39 is 0 Å². The summed E-state index contributed by atoms with van der Waals surface area (Å²) < 4.78 is 0. The van der Waals surface area contributed by atoms with Gasteiger partial charge in [-0.25, -0.2) is 0 Å². The third-order valence-corrected chi connectivity index (χ3v) is 4.56. The molecule has 1 heterocycles. The van der Waals surface area contributed by atoms with Crippen molar-refractivity contribution in [2.75, 3.05) is 33.2 Å². The van der Waals surface area contributed by atoms with Gasteiger partial charge in [0.05, 0.1) is 0 Å². The summed E-state index contributed by atoms with van der Waals surface area (Å²) in [5, 5.41) is 7.08. The van der Waals surface area contributed by atoms with Crippen molar-refractivity contribution in [1.29, 1.82) is 0 Å². The Balaban J connectivity index is 1.64. The van der Waals surface area contributed by atoms with Gasteiger partial charge in [-0.05, 0) is 44.7 Å². The van der Waals surface area contributed by atoms with E-state index in [0.717, 1.165) is 12.5 Å². The van der Waals surface area contributed by atoms with Gasteiger partial charge in [-0.3, -0.25) is 4.99 Å². The topological polar surface area (TPSA) is 39.7 Å². The summed E-state index contributed by atoms with van der Waals surface area (Å²) in [4.78, 5) is 6.95. The van der Waals surface area contributed by atoms with Crippen molar-refractivity contribution in [3.8, 4) is 0 Å². The van der Waals surface area contributed by atoms with Gasteiger partial charge in [0, 0.05) is 26.2 Å². The first kappa shape index (κ1) is 15.6. The molecule has 1 unspecified atom stereocenters. The minimum absolute atomic E-state index is 0.629. The molecule has 0 amide bonds. The fourth-order valence-corrected chi connectivity index (χ4v) is 3.38. The van der Waals surface area contributed by atoms with Crippen LogP contribution in [0.4, 0.5) is 0 Å². The molecule has 0 aromatic heterocycles. The van der Waals surface area contributed by atoms with Crippen LogP contribution >= 0.6 is 0 Å². The van der Waals surface area contributed by atoms with E-state index in [1.165, 1.54) is 64.6 Å². The Morgan fingerprint density at radius 2 is 1.85 bits per heavy atom. The average Bonchev–Trinajstić information content (AvgIpc) is 2.97. The Bertz CT molecular complexity index is 291. The average molecular weight is 280 g/mol. The van der Waals surface area contributed by atoms with Gasteiger partial charge in [-0.2, -0.15) is 0 Å². The van der Waals surface area contributed by atoms with E-state index in [1.807, 2.05) is 7.05 Å². The Morgan fingerprint density at radius 1 is 1.15 bits per heavy atom. The van der Waals surface area contributed by atoms with Crippen LogP contribution in [0.5, 0.6) is 0 Å². The van der Waals surface area contributed by atoms with E-state index in [-0.39, 0.29) is 0 Å². The second-order valence-corrected chi connectivity index (χ2v) is 6.55. The molecule has 0 bridgehead atoms. The van der Waals surface area contributed by atoms with Gasteiger partial charge in [-0.15, -0.1) is 0 Å². The predicted molar refractivity (Wildman–Crippen MR) is 86.2 cm³/mol. The molecule has 0 radical (unpaired) electrons. The van der Waals surface area contributed by atoms with Crippen molar-refractivity contribution in [2.24, 2.45) is 10.9 Å². The zero-order valence-electron chi connectivity index (χ0n) is 13.3. The minimum Gasteiger partial charge on any atom is -0.356 e. The fraction of sp³-hybridized carbons (Fsp3) is 0.938. The van der Waals surface area contributed by atoms with Crippen LogP contribution in [0.2, 0.25) is 0 Å². The van der Waals surface area contributed by atoms with Crippen LogP contribution in [-0.2, 0) is 0 Å². The summed E-state index contributed by atoms with van der Waals surface area (Å²) in [6.07, 6.45) is 9.47. The first-order chi connectivity index (χ1) is 9.78. The van der Waals surface area contributed by atoms with E-state index in [0.29, 0.717) is 12.0 Å². The SMILES string of the molecule is CN=C(NCC(C)CN1CCCC1)NC1CCCCC1. The largest absolute Gasteiger partial charge is 0.356 e. The molecule has 1 saturated carbocycles. The van der Waals surface area contributed by atoms with Gasteiger partial charge in [0.25, 0.3) is 0 Å². The monoisotopic (exact) mass is 280 g/mol. The van der Waals surface area contributed by atoms with Crippen LogP contribution < -0.4 is 10.6 Å².